The maximum absolute atomic E-state index is 13.7. The number of hydrogen-bond donors (Lipinski definition) is 1. The van der Waals surface area contributed by atoms with Crippen LogP contribution in [0.1, 0.15) is 19.3 Å². The summed E-state index contributed by atoms with van der Waals surface area (Å²) in [5.41, 5.74) is 0.416. The van der Waals surface area contributed by atoms with Crippen molar-refractivity contribution in [2.45, 2.75) is 25.3 Å². The van der Waals surface area contributed by atoms with Gasteiger partial charge in [-0.2, -0.15) is 0 Å². The Morgan fingerprint density at radius 1 is 1.33 bits per heavy atom. The molecule has 144 valence electrons. The van der Waals surface area contributed by atoms with Gasteiger partial charge in [0, 0.05) is 31.7 Å². The quantitative estimate of drug-likeness (QED) is 0.797. The van der Waals surface area contributed by atoms with E-state index in [1.165, 1.54) is 23.1 Å². The van der Waals surface area contributed by atoms with Crippen molar-refractivity contribution < 1.29 is 18.8 Å². The lowest BCUT2D eigenvalue weighted by Gasteiger charge is -2.31. The van der Waals surface area contributed by atoms with E-state index >= 15 is 0 Å². The van der Waals surface area contributed by atoms with Crippen LogP contribution in [0.15, 0.2) is 30.9 Å². The molecule has 2 saturated heterocycles. The van der Waals surface area contributed by atoms with E-state index < -0.39 is 5.82 Å². The Morgan fingerprint density at radius 2 is 2.11 bits per heavy atom. The summed E-state index contributed by atoms with van der Waals surface area (Å²) in [4.78, 5) is 39.7. The molecular formula is C19H21ClFN3O3. The number of anilines is 1. The lowest BCUT2D eigenvalue weighted by molar-refractivity contribution is -0.132. The normalized spacial score (nSPS) is 22.7. The molecule has 2 aliphatic heterocycles. The molecule has 2 unspecified atom stereocenters. The summed E-state index contributed by atoms with van der Waals surface area (Å²) in [6.45, 7) is 4.72. The van der Waals surface area contributed by atoms with E-state index in [1.807, 2.05) is 0 Å². The van der Waals surface area contributed by atoms with Gasteiger partial charge in [-0.15, -0.1) is 0 Å². The fraction of sp³-hybridized carbons (Fsp3) is 0.421. The third-order valence-corrected chi connectivity index (χ3v) is 5.27. The van der Waals surface area contributed by atoms with Crippen molar-refractivity contribution in [1.29, 1.82) is 0 Å². The number of nitrogens with one attached hydrogen (secondary N) is 1. The number of piperidine rings is 1. The first kappa shape index (κ1) is 19.4. The standard InChI is InChI=1S/C19H21ClFN3O3/c1-2-17(25)23-7-3-4-12(10-23)19(27)22-13-8-18(26)24(11-13)14-5-6-15(20)16(21)9-14/h2,5-6,9,12-13H,1,3-4,7-8,10-11H2,(H,22,27). The monoisotopic (exact) mass is 393 g/mol. The van der Waals surface area contributed by atoms with Crippen molar-refractivity contribution in [3.05, 3.63) is 41.7 Å². The van der Waals surface area contributed by atoms with Gasteiger partial charge in [0.05, 0.1) is 17.0 Å². The van der Waals surface area contributed by atoms with Crippen LogP contribution in [0.5, 0.6) is 0 Å². The minimum atomic E-state index is -0.594. The lowest BCUT2D eigenvalue weighted by atomic mass is 9.96. The Hall–Kier alpha value is -2.41. The number of amides is 3. The molecule has 1 N–H and O–H groups in total. The average Bonchev–Trinajstić information content (AvgIpc) is 3.03. The van der Waals surface area contributed by atoms with Crippen LogP contribution < -0.4 is 10.2 Å². The fourth-order valence-corrected chi connectivity index (χ4v) is 3.66. The SMILES string of the molecule is C=CC(=O)N1CCCC(C(=O)NC2CC(=O)N(c3ccc(Cl)c(F)c3)C2)C1. The molecule has 2 aliphatic rings. The van der Waals surface area contributed by atoms with Crippen LogP contribution in [-0.2, 0) is 14.4 Å². The molecule has 0 bridgehead atoms. The van der Waals surface area contributed by atoms with Gasteiger partial charge in [0.1, 0.15) is 5.82 Å². The minimum Gasteiger partial charge on any atom is -0.351 e. The number of rotatable bonds is 4. The van der Waals surface area contributed by atoms with Gasteiger partial charge in [-0.25, -0.2) is 4.39 Å². The van der Waals surface area contributed by atoms with Crippen molar-refractivity contribution in [3.63, 3.8) is 0 Å². The fourth-order valence-electron chi connectivity index (χ4n) is 3.55. The second-order valence-electron chi connectivity index (χ2n) is 6.84. The van der Waals surface area contributed by atoms with Crippen LogP contribution in [-0.4, -0.2) is 48.3 Å². The molecule has 0 saturated carbocycles. The highest BCUT2D eigenvalue weighted by atomic mass is 35.5. The molecule has 0 spiro atoms. The van der Waals surface area contributed by atoms with Gasteiger partial charge in [-0.1, -0.05) is 18.2 Å². The number of carbonyl (C=O) groups excluding carboxylic acids is 3. The number of nitrogens with zero attached hydrogens (tertiary/aromatic N) is 2. The van der Waals surface area contributed by atoms with Crippen molar-refractivity contribution in [3.8, 4) is 0 Å². The van der Waals surface area contributed by atoms with Gasteiger partial charge in [-0.05, 0) is 37.1 Å². The second-order valence-corrected chi connectivity index (χ2v) is 7.25. The molecule has 1 aromatic carbocycles. The van der Waals surface area contributed by atoms with Crippen LogP contribution in [0.2, 0.25) is 5.02 Å². The van der Waals surface area contributed by atoms with E-state index in [9.17, 15) is 18.8 Å². The van der Waals surface area contributed by atoms with E-state index in [-0.39, 0.29) is 47.7 Å². The molecule has 2 heterocycles. The van der Waals surface area contributed by atoms with Crippen LogP contribution in [0.25, 0.3) is 0 Å². The number of benzene rings is 1. The van der Waals surface area contributed by atoms with Gasteiger partial charge in [0.2, 0.25) is 17.7 Å². The molecule has 3 rings (SSSR count). The highest BCUT2D eigenvalue weighted by Gasteiger charge is 2.34. The van der Waals surface area contributed by atoms with Crippen LogP contribution >= 0.6 is 11.6 Å². The van der Waals surface area contributed by atoms with E-state index in [0.717, 1.165) is 6.42 Å². The first-order valence-electron chi connectivity index (χ1n) is 8.86. The lowest BCUT2D eigenvalue weighted by Crippen LogP contribution is -2.47. The van der Waals surface area contributed by atoms with E-state index in [4.69, 9.17) is 11.6 Å². The summed E-state index contributed by atoms with van der Waals surface area (Å²) in [6.07, 6.45) is 2.84. The van der Waals surface area contributed by atoms with Crippen LogP contribution in [0.3, 0.4) is 0 Å². The zero-order chi connectivity index (χ0) is 19.6. The van der Waals surface area contributed by atoms with E-state index in [0.29, 0.717) is 25.2 Å². The molecule has 8 heteroatoms. The summed E-state index contributed by atoms with van der Waals surface area (Å²) >= 11 is 5.68. The number of hydrogen-bond acceptors (Lipinski definition) is 3. The molecule has 3 amide bonds. The molecular weight excluding hydrogens is 373 g/mol. The molecule has 27 heavy (non-hydrogen) atoms. The first-order valence-corrected chi connectivity index (χ1v) is 9.24. The largest absolute Gasteiger partial charge is 0.351 e. The molecule has 0 aromatic heterocycles. The average molecular weight is 394 g/mol. The Morgan fingerprint density at radius 3 is 2.81 bits per heavy atom. The van der Waals surface area contributed by atoms with Gasteiger partial charge in [0.15, 0.2) is 0 Å². The maximum Gasteiger partial charge on any atom is 0.245 e. The molecule has 2 fully saturated rings. The van der Waals surface area contributed by atoms with Crippen LogP contribution in [0.4, 0.5) is 10.1 Å². The first-order chi connectivity index (χ1) is 12.9. The summed E-state index contributed by atoms with van der Waals surface area (Å²) in [5.74, 6) is -1.43. The highest BCUT2D eigenvalue weighted by Crippen LogP contribution is 2.26. The van der Waals surface area contributed by atoms with Crippen molar-refractivity contribution in [2.75, 3.05) is 24.5 Å². The highest BCUT2D eigenvalue weighted by molar-refractivity contribution is 6.30. The van der Waals surface area contributed by atoms with Gasteiger partial charge < -0.3 is 15.1 Å². The van der Waals surface area contributed by atoms with Crippen molar-refractivity contribution in [2.24, 2.45) is 5.92 Å². The van der Waals surface area contributed by atoms with Crippen molar-refractivity contribution in [1.82, 2.24) is 10.2 Å². The van der Waals surface area contributed by atoms with Gasteiger partial charge >= 0.3 is 0 Å². The second kappa shape index (κ2) is 8.08. The van der Waals surface area contributed by atoms with E-state index in [2.05, 4.69) is 11.9 Å². The molecule has 2 atom stereocenters. The Kier molecular flexibility index (Phi) is 5.79. The summed E-state index contributed by atoms with van der Waals surface area (Å²) in [5, 5.41) is 2.89. The smallest absolute Gasteiger partial charge is 0.245 e. The Labute approximate surface area is 161 Å². The van der Waals surface area contributed by atoms with Crippen molar-refractivity contribution >= 4 is 35.0 Å². The topological polar surface area (TPSA) is 69.7 Å². The number of halogens is 2. The number of likely N-dealkylation sites (tertiary alicyclic amines) is 1. The third kappa shape index (κ3) is 4.30. The summed E-state index contributed by atoms with van der Waals surface area (Å²) in [7, 11) is 0. The molecule has 6 nitrogen and oxygen atoms in total. The predicted molar refractivity (Wildman–Crippen MR) is 99.8 cm³/mol. The predicted octanol–water partition coefficient (Wildman–Crippen LogP) is 2.13. The number of carbonyl (C=O) groups is 3. The molecule has 0 radical (unpaired) electrons. The summed E-state index contributed by atoms with van der Waals surface area (Å²) < 4.78 is 13.7. The van der Waals surface area contributed by atoms with Gasteiger partial charge in [-0.3, -0.25) is 14.4 Å². The molecule has 0 aliphatic carbocycles. The zero-order valence-electron chi connectivity index (χ0n) is 14.8. The Balaban J connectivity index is 1.60. The minimum absolute atomic E-state index is 0.00817. The maximum atomic E-state index is 13.7. The summed E-state index contributed by atoms with van der Waals surface area (Å²) in [6, 6.07) is 3.84. The third-order valence-electron chi connectivity index (χ3n) is 4.96. The Bertz CT molecular complexity index is 785. The van der Waals surface area contributed by atoms with Gasteiger partial charge in [0.25, 0.3) is 0 Å². The van der Waals surface area contributed by atoms with E-state index in [1.54, 1.807) is 11.0 Å². The zero-order valence-corrected chi connectivity index (χ0v) is 15.5. The molecule has 1 aromatic rings. The van der Waals surface area contributed by atoms with Crippen LogP contribution in [0, 0.1) is 11.7 Å².